The van der Waals surface area contributed by atoms with Crippen molar-refractivity contribution >= 4 is 27.4 Å². The van der Waals surface area contributed by atoms with Crippen LogP contribution in [0.5, 0.6) is 0 Å². The van der Waals surface area contributed by atoms with Crippen LogP contribution in [-0.4, -0.2) is 23.2 Å². The summed E-state index contributed by atoms with van der Waals surface area (Å²) in [5, 5.41) is 5.29. The van der Waals surface area contributed by atoms with E-state index in [1.807, 2.05) is 0 Å². The van der Waals surface area contributed by atoms with Gasteiger partial charge in [0.15, 0.2) is 0 Å². The summed E-state index contributed by atoms with van der Waals surface area (Å²) in [7, 11) is 1.62. The lowest BCUT2D eigenvalue weighted by molar-refractivity contribution is -0.128. The second-order valence-electron chi connectivity index (χ2n) is 3.17. The number of aromatic nitrogens is 2. The van der Waals surface area contributed by atoms with Crippen molar-refractivity contribution in [1.82, 2.24) is 9.97 Å². The molecular formula is C9H8F3N3S. The Hall–Kier alpha value is -1.37. The molecule has 2 rings (SSSR count). The van der Waals surface area contributed by atoms with Crippen molar-refractivity contribution in [2.75, 3.05) is 12.4 Å². The van der Waals surface area contributed by atoms with E-state index < -0.39 is 12.6 Å². The number of alkyl halides is 3. The molecule has 0 aliphatic heterocycles. The van der Waals surface area contributed by atoms with Gasteiger partial charge in [0.05, 0.1) is 5.39 Å². The van der Waals surface area contributed by atoms with Gasteiger partial charge in [-0.3, -0.25) is 0 Å². The van der Waals surface area contributed by atoms with Crippen molar-refractivity contribution < 1.29 is 13.2 Å². The minimum atomic E-state index is -4.28. The quantitative estimate of drug-likeness (QED) is 0.886. The van der Waals surface area contributed by atoms with E-state index in [2.05, 4.69) is 15.3 Å². The van der Waals surface area contributed by atoms with Gasteiger partial charge in [0.1, 0.15) is 22.9 Å². The Bertz CT molecular complexity index is 506. The van der Waals surface area contributed by atoms with Crippen molar-refractivity contribution in [2.45, 2.75) is 12.6 Å². The van der Waals surface area contributed by atoms with E-state index in [1.165, 1.54) is 11.3 Å². The van der Waals surface area contributed by atoms with Crippen molar-refractivity contribution in [3.63, 3.8) is 0 Å². The highest BCUT2D eigenvalue weighted by molar-refractivity contribution is 7.16. The highest BCUT2D eigenvalue weighted by Crippen LogP contribution is 2.27. The van der Waals surface area contributed by atoms with Crippen LogP contribution in [0.4, 0.5) is 19.0 Å². The lowest BCUT2D eigenvalue weighted by Gasteiger charge is -2.07. The largest absolute Gasteiger partial charge is 0.396 e. The van der Waals surface area contributed by atoms with Gasteiger partial charge < -0.3 is 5.32 Å². The van der Waals surface area contributed by atoms with E-state index in [0.29, 0.717) is 10.6 Å². The third kappa shape index (κ3) is 2.24. The zero-order valence-electron chi connectivity index (χ0n) is 8.30. The van der Waals surface area contributed by atoms with Crippen LogP contribution in [0, 0.1) is 0 Å². The number of hydrogen-bond acceptors (Lipinski definition) is 4. The second-order valence-corrected chi connectivity index (χ2v) is 4.06. The summed E-state index contributed by atoms with van der Waals surface area (Å²) in [4.78, 5) is 8.29. The summed E-state index contributed by atoms with van der Waals surface area (Å²) in [6.07, 6.45) is -5.38. The smallest absolute Gasteiger partial charge is 0.372 e. The molecule has 2 heterocycles. The average molecular weight is 247 g/mol. The topological polar surface area (TPSA) is 37.8 Å². The summed E-state index contributed by atoms with van der Waals surface area (Å²) in [5.41, 5.74) is 0. The van der Waals surface area contributed by atoms with Crippen LogP contribution in [0.25, 0.3) is 10.2 Å². The first-order chi connectivity index (χ1) is 7.49. The highest BCUT2D eigenvalue weighted by atomic mass is 32.1. The monoisotopic (exact) mass is 247 g/mol. The Labute approximate surface area is 93.3 Å². The van der Waals surface area contributed by atoms with Gasteiger partial charge >= 0.3 is 6.18 Å². The first kappa shape index (κ1) is 11.1. The molecule has 7 heteroatoms. The molecule has 0 spiro atoms. The molecule has 0 aliphatic rings. The number of fused-ring (bicyclic) bond motifs is 1. The summed E-state index contributed by atoms with van der Waals surface area (Å²) < 4.78 is 36.6. The Morgan fingerprint density at radius 3 is 2.75 bits per heavy atom. The maximum Gasteiger partial charge on any atom is 0.396 e. The first-order valence-corrected chi connectivity index (χ1v) is 5.36. The average Bonchev–Trinajstić information content (AvgIpc) is 2.61. The molecule has 1 N–H and O–H groups in total. The molecule has 0 fully saturated rings. The summed E-state index contributed by atoms with van der Waals surface area (Å²) >= 11 is 1.30. The molecule has 2 aromatic heterocycles. The van der Waals surface area contributed by atoms with E-state index >= 15 is 0 Å². The maximum atomic E-state index is 12.2. The second kappa shape index (κ2) is 3.89. The zero-order valence-corrected chi connectivity index (χ0v) is 9.11. The summed E-state index contributed by atoms with van der Waals surface area (Å²) in [5.74, 6) is 0.234. The number of halogens is 3. The van der Waals surface area contributed by atoms with Gasteiger partial charge in [0.2, 0.25) is 0 Å². The Morgan fingerprint density at radius 2 is 2.12 bits per heavy atom. The highest BCUT2D eigenvalue weighted by Gasteiger charge is 2.29. The van der Waals surface area contributed by atoms with Gasteiger partial charge in [-0.25, -0.2) is 9.97 Å². The summed E-state index contributed by atoms with van der Waals surface area (Å²) in [6.45, 7) is 0. The number of nitrogens with one attached hydrogen (secondary N) is 1. The molecule has 0 bridgehead atoms. The normalized spacial score (nSPS) is 12.0. The zero-order chi connectivity index (χ0) is 11.8. The fourth-order valence-electron chi connectivity index (χ4n) is 1.35. The maximum absolute atomic E-state index is 12.2. The minimum absolute atomic E-state index is 0.202. The van der Waals surface area contributed by atoms with Crippen molar-refractivity contribution in [3.05, 3.63) is 17.3 Å². The lowest BCUT2D eigenvalue weighted by Crippen LogP contribution is -2.14. The molecule has 0 amide bonds. The van der Waals surface area contributed by atoms with E-state index in [-0.39, 0.29) is 5.82 Å². The van der Waals surface area contributed by atoms with Gasteiger partial charge in [-0.1, -0.05) is 0 Å². The molecule has 16 heavy (non-hydrogen) atoms. The minimum Gasteiger partial charge on any atom is -0.372 e. The predicted molar refractivity (Wildman–Crippen MR) is 56.7 cm³/mol. The van der Waals surface area contributed by atoms with Gasteiger partial charge in [0.25, 0.3) is 0 Å². The van der Waals surface area contributed by atoms with Gasteiger partial charge in [-0.15, -0.1) is 11.3 Å². The molecule has 0 aromatic carbocycles. The van der Waals surface area contributed by atoms with Crippen LogP contribution >= 0.6 is 11.3 Å². The molecule has 0 saturated carbocycles. The number of thiophene rings is 1. The number of hydrogen-bond donors (Lipinski definition) is 1. The first-order valence-electron chi connectivity index (χ1n) is 4.48. The van der Waals surface area contributed by atoms with Gasteiger partial charge in [0, 0.05) is 7.05 Å². The molecule has 0 saturated heterocycles. The Kier molecular flexibility index (Phi) is 2.71. The van der Waals surface area contributed by atoms with Crippen LogP contribution in [0.2, 0.25) is 0 Å². The SMILES string of the molecule is CNc1nc(CC(F)(F)F)nc2sccc12. The fraction of sp³-hybridized carbons (Fsp3) is 0.333. The summed E-state index contributed by atoms with van der Waals surface area (Å²) in [6, 6.07) is 1.78. The molecule has 86 valence electrons. The molecule has 0 aliphatic carbocycles. The van der Waals surface area contributed by atoms with Crippen LogP contribution in [0.1, 0.15) is 5.82 Å². The van der Waals surface area contributed by atoms with E-state index in [0.717, 1.165) is 5.39 Å². The van der Waals surface area contributed by atoms with Crippen molar-refractivity contribution in [3.8, 4) is 0 Å². The van der Waals surface area contributed by atoms with Crippen LogP contribution in [0.15, 0.2) is 11.4 Å². The molecule has 0 atom stereocenters. The molecule has 0 unspecified atom stereocenters. The third-order valence-corrected chi connectivity index (χ3v) is 2.77. The molecule has 0 radical (unpaired) electrons. The number of nitrogens with zero attached hydrogens (tertiary/aromatic N) is 2. The lowest BCUT2D eigenvalue weighted by atomic mass is 10.3. The molecule has 2 aromatic rings. The van der Waals surface area contributed by atoms with E-state index in [4.69, 9.17) is 0 Å². The number of anilines is 1. The van der Waals surface area contributed by atoms with Gasteiger partial charge in [-0.05, 0) is 11.4 Å². The molecule has 3 nitrogen and oxygen atoms in total. The van der Waals surface area contributed by atoms with Crippen molar-refractivity contribution in [1.29, 1.82) is 0 Å². The van der Waals surface area contributed by atoms with Crippen molar-refractivity contribution in [2.24, 2.45) is 0 Å². The Morgan fingerprint density at radius 1 is 1.38 bits per heavy atom. The van der Waals surface area contributed by atoms with Crippen LogP contribution < -0.4 is 5.32 Å². The van der Waals surface area contributed by atoms with E-state index in [1.54, 1.807) is 18.5 Å². The van der Waals surface area contributed by atoms with Crippen LogP contribution in [0.3, 0.4) is 0 Å². The number of rotatable bonds is 2. The Balaban J connectivity index is 2.47. The van der Waals surface area contributed by atoms with E-state index in [9.17, 15) is 13.2 Å². The predicted octanol–water partition coefficient (Wildman–Crippen LogP) is 2.84. The fourth-order valence-corrected chi connectivity index (χ4v) is 2.13. The van der Waals surface area contributed by atoms with Gasteiger partial charge in [-0.2, -0.15) is 13.2 Å². The van der Waals surface area contributed by atoms with Crippen LogP contribution in [-0.2, 0) is 6.42 Å². The standard InChI is InChI=1S/C9H8F3N3S/c1-13-7-5-2-3-16-8(5)15-6(14-7)4-9(10,11)12/h2-3H,4H2,1H3,(H,13,14,15). The third-order valence-electron chi connectivity index (χ3n) is 1.97. The molecular weight excluding hydrogens is 239 g/mol.